The number of ketones is 2. The second-order valence-corrected chi connectivity index (χ2v) is 16.6. The molecule has 0 atom stereocenters. The van der Waals surface area contributed by atoms with E-state index in [0.29, 0.717) is 59.1 Å². The van der Waals surface area contributed by atoms with Crippen LogP contribution in [0.4, 0.5) is 0 Å². The van der Waals surface area contributed by atoms with E-state index in [-0.39, 0.29) is 38.8 Å². The van der Waals surface area contributed by atoms with Crippen LogP contribution in [0.25, 0.3) is 0 Å². The maximum absolute atomic E-state index is 14.1. The van der Waals surface area contributed by atoms with Gasteiger partial charge in [0.05, 0.1) is 10.7 Å². The van der Waals surface area contributed by atoms with Crippen molar-refractivity contribution in [3.8, 4) is 11.5 Å². The number of halogens is 1. The van der Waals surface area contributed by atoms with Gasteiger partial charge in [-0.15, -0.1) is 0 Å². The van der Waals surface area contributed by atoms with Crippen LogP contribution in [0.5, 0.6) is 11.5 Å². The van der Waals surface area contributed by atoms with Crippen molar-refractivity contribution in [3.63, 3.8) is 0 Å². The molecule has 0 unspecified atom stereocenters. The predicted octanol–water partition coefficient (Wildman–Crippen LogP) is 7.10. The van der Waals surface area contributed by atoms with Gasteiger partial charge in [-0.05, 0) is 89.4 Å². The molecular formula is C35H42INO7S. The Bertz CT molecular complexity index is 1650. The highest BCUT2D eigenvalue weighted by Gasteiger charge is 2.49. The van der Waals surface area contributed by atoms with E-state index in [4.69, 9.17) is 13.7 Å². The fourth-order valence-corrected chi connectivity index (χ4v) is 8.71. The van der Waals surface area contributed by atoms with E-state index >= 15 is 0 Å². The number of hydrogen-bond donors (Lipinski definition) is 0. The van der Waals surface area contributed by atoms with E-state index in [1.807, 2.05) is 35.6 Å². The predicted molar refractivity (Wildman–Crippen MR) is 181 cm³/mol. The van der Waals surface area contributed by atoms with Crippen molar-refractivity contribution >= 4 is 44.3 Å². The van der Waals surface area contributed by atoms with Crippen LogP contribution in [0.1, 0.15) is 76.8 Å². The number of allylic oxidation sites excluding steroid dienone is 4. The second-order valence-electron chi connectivity index (χ2n) is 13.9. The first-order chi connectivity index (χ1) is 21.1. The smallest absolute Gasteiger partial charge is 0.339 e. The third-order valence-corrected chi connectivity index (χ3v) is 10.9. The lowest BCUT2D eigenvalue weighted by Crippen LogP contribution is -2.44. The van der Waals surface area contributed by atoms with Crippen molar-refractivity contribution in [1.82, 2.24) is 4.90 Å². The summed E-state index contributed by atoms with van der Waals surface area (Å²) in [5.74, 6) is -0.250. The van der Waals surface area contributed by atoms with Crippen LogP contribution in [-0.2, 0) is 24.4 Å². The van der Waals surface area contributed by atoms with Gasteiger partial charge in [0.1, 0.15) is 4.90 Å². The minimum Gasteiger partial charge on any atom is -0.493 e. The maximum Gasteiger partial charge on any atom is 0.339 e. The van der Waals surface area contributed by atoms with Crippen LogP contribution in [0.3, 0.4) is 0 Å². The molecule has 1 heterocycles. The van der Waals surface area contributed by atoms with Crippen molar-refractivity contribution in [2.24, 2.45) is 10.8 Å². The van der Waals surface area contributed by atoms with Gasteiger partial charge >= 0.3 is 10.1 Å². The molecule has 5 rings (SSSR count). The Labute approximate surface area is 280 Å². The number of rotatable bonds is 9. The summed E-state index contributed by atoms with van der Waals surface area (Å²) in [5.41, 5.74) is 4.40. The Morgan fingerprint density at radius 2 is 1.44 bits per heavy atom. The molecule has 0 saturated carbocycles. The number of carbonyl (C=O) groups is 2. The molecule has 45 heavy (non-hydrogen) atoms. The number of Topliss-reactive ketones (excluding diaryl/α,β-unsaturated/α-hetero) is 2. The van der Waals surface area contributed by atoms with Gasteiger partial charge in [0, 0.05) is 61.6 Å². The summed E-state index contributed by atoms with van der Waals surface area (Å²) >= 11 is 2.04. The topological polar surface area (TPSA) is 99.2 Å². The zero-order valence-corrected chi connectivity index (χ0v) is 30.1. The number of benzene rings is 2. The zero-order chi connectivity index (χ0) is 32.9. The summed E-state index contributed by atoms with van der Waals surface area (Å²) in [6, 6.07) is 9.99. The van der Waals surface area contributed by atoms with E-state index in [9.17, 15) is 18.0 Å². The van der Waals surface area contributed by atoms with E-state index < -0.39 is 16.0 Å². The van der Waals surface area contributed by atoms with Crippen LogP contribution in [0, 0.1) is 21.3 Å². The maximum atomic E-state index is 14.1. The highest BCUT2D eigenvalue weighted by atomic mass is 127. The molecule has 242 valence electrons. The second kappa shape index (κ2) is 12.5. The van der Waals surface area contributed by atoms with Crippen LogP contribution < -0.4 is 8.92 Å². The molecule has 2 aromatic carbocycles. The summed E-state index contributed by atoms with van der Waals surface area (Å²) in [6.45, 7) is 11.6. The average Bonchev–Trinajstić information content (AvgIpc) is 2.93. The highest BCUT2D eigenvalue weighted by Crippen LogP contribution is 2.55. The SMILES string of the molecule is COCCCN1C2=C(C(=O)CC(C)(C)C2)C(c2cc(I)c(OS(=O)(=O)c3ccc(C)cc3)c(OC)c2)C2=C1CC(C)(C)CC2=O. The van der Waals surface area contributed by atoms with Crippen LogP contribution in [0.15, 0.2) is 63.8 Å². The molecule has 2 aromatic rings. The molecule has 3 aliphatic rings. The third-order valence-electron chi connectivity index (χ3n) is 8.84. The number of aryl methyl sites for hydroxylation is 1. The highest BCUT2D eigenvalue weighted by molar-refractivity contribution is 14.1. The first-order valence-electron chi connectivity index (χ1n) is 15.2. The Kier molecular flexibility index (Phi) is 9.34. The normalized spacial score (nSPS) is 19.9. The summed E-state index contributed by atoms with van der Waals surface area (Å²) in [6.07, 6.45) is 2.91. The average molecular weight is 748 g/mol. The number of hydrogen-bond acceptors (Lipinski definition) is 8. The summed E-state index contributed by atoms with van der Waals surface area (Å²) in [4.78, 5) is 30.5. The summed E-state index contributed by atoms with van der Waals surface area (Å²) < 4.78 is 43.8. The number of carbonyl (C=O) groups excluding carboxylic acids is 2. The van der Waals surface area contributed by atoms with Gasteiger partial charge in [-0.25, -0.2) is 0 Å². The molecule has 0 radical (unpaired) electrons. The number of methoxy groups -OCH3 is 2. The van der Waals surface area contributed by atoms with E-state index in [2.05, 4.69) is 32.6 Å². The van der Waals surface area contributed by atoms with E-state index in [1.54, 1.807) is 25.3 Å². The minimum absolute atomic E-state index is 0.0309. The number of nitrogens with zero attached hydrogens (tertiary/aromatic N) is 1. The lowest BCUT2D eigenvalue weighted by atomic mass is 9.63. The molecule has 0 N–H and O–H groups in total. The molecule has 0 amide bonds. The summed E-state index contributed by atoms with van der Waals surface area (Å²) in [7, 11) is -1.02. The van der Waals surface area contributed by atoms with Gasteiger partial charge < -0.3 is 18.6 Å². The van der Waals surface area contributed by atoms with Crippen LogP contribution in [-0.4, -0.2) is 52.3 Å². The van der Waals surface area contributed by atoms with Gasteiger partial charge in [-0.3, -0.25) is 9.59 Å². The van der Waals surface area contributed by atoms with Gasteiger partial charge in [-0.2, -0.15) is 8.42 Å². The zero-order valence-electron chi connectivity index (χ0n) is 27.1. The Morgan fingerprint density at radius 3 is 1.96 bits per heavy atom. The molecular weight excluding hydrogens is 705 g/mol. The molecule has 0 bridgehead atoms. The number of ether oxygens (including phenoxy) is 2. The largest absolute Gasteiger partial charge is 0.493 e. The third kappa shape index (κ3) is 6.74. The first-order valence-corrected chi connectivity index (χ1v) is 17.7. The Balaban J connectivity index is 1.68. The van der Waals surface area contributed by atoms with E-state index in [1.165, 1.54) is 19.2 Å². The van der Waals surface area contributed by atoms with Crippen LogP contribution >= 0.6 is 22.6 Å². The van der Waals surface area contributed by atoms with Crippen molar-refractivity contribution in [3.05, 3.63) is 73.6 Å². The molecule has 10 heteroatoms. The van der Waals surface area contributed by atoms with Gasteiger partial charge in [-0.1, -0.05) is 45.4 Å². The molecule has 0 saturated heterocycles. The molecule has 1 aliphatic heterocycles. The Morgan fingerprint density at radius 1 is 0.889 bits per heavy atom. The minimum atomic E-state index is -4.15. The quantitative estimate of drug-likeness (QED) is 0.152. The van der Waals surface area contributed by atoms with Gasteiger partial charge in [0.2, 0.25) is 0 Å². The van der Waals surface area contributed by atoms with Crippen LogP contribution in [0.2, 0.25) is 0 Å². The van der Waals surface area contributed by atoms with Crippen molar-refractivity contribution in [1.29, 1.82) is 0 Å². The monoisotopic (exact) mass is 747 g/mol. The molecule has 0 spiro atoms. The Hall–Kier alpha value is -2.70. The van der Waals surface area contributed by atoms with Gasteiger partial charge in [0.15, 0.2) is 23.1 Å². The summed E-state index contributed by atoms with van der Waals surface area (Å²) in [5, 5.41) is 0. The fourth-order valence-electron chi connectivity index (χ4n) is 6.87. The van der Waals surface area contributed by atoms with E-state index in [0.717, 1.165) is 23.4 Å². The molecule has 2 aliphatic carbocycles. The lowest BCUT2D eigenvalue weighted by Gasteiger charge is -2.49. The first kappa shape index (κ1) is 33.7. The van der Waals surface area contributed by atoms with Crippen molar-refractivity contribution in [2.45, 2.75) is 77.5 Å². The standard InChI is InChI=1S/C35H42INO7S/c1-21-9-11-23(12-10-21)45(40,41)44-33-24(36)15-22(16-29(33)43-7)30-31-25(17-34(2,3)19-27(31)38)37(13-8-14-42-6)26-18-35(4,5)20-28(39)32(26)30/h9-12,15-16,30H,8,13-14,17-20H2,1-7H3. The molecule has 0 aromatic heterocycles. The van der Waals surface area contributed by atoms with Gasteiger partial charge in [0.25, 0.3) is 0 Å². The van der Waals surface area contributed by atoms with Crippen molar-refractivity contribution < 1.29 is 31.7 Å². The molecule has 8 nitrogen and oxygen atoms in total. The molecule has 0 fully saturated rings. The lowest BCUT2D eigenvalue weighted by molar-refractivity contribution is -0.119. The van der Waals surface area contributed by atoms with Crippen molar-refractivity contribution in [2.75, 3.05) is 27.4 Å². The fraction of sp³-hybridized carbons (Fsp3) is 0.486.